The van der Waals surface area contributed by atoms with Crippen molar-refractivity contribution in [2.24, 2.45) is 4.99 Å². The summed E-state index contributed by atoms with van der Waals surface area (Å²) in [6, 6.07) is 8.86. The number of aliphatic imine (C=N–C) groups is 1. The predicted molar refractivity (Wildman–Crippen MR) is 133 cm³/mol. The van der Waals surface area contributed by atoms with E-state index in [-0.39, 0.29) is 36.4 Å². The standard InChI is InChI=1S/C22H37N5O.HI/c1-5-6-14-23-22(24-17-21(28)25(2)3)26(4)18-19-10-12-20(13-11-19)27-15-8-7-9-16-27;/h10-13H,5-9,14-18H2,1-4H3,(H,23,24);1H. The number of hydrogen-bond acceptors (Lipinski definition) is 3. The van der Waals surface area contributed by atoms with E-state index in [0.717, 1.165) is 45.0 Å². The van der Waals surface area contributed by atoms with E-state index in [0.29, 0.717) is 0 Å². The van der Waals surface area contributed by atoms with Crippen LogP contribution in [0.2, 0.25) is 0 Å². The van der Waals surface area contributed by atoms with E-state index in [9.17, 15) is 4.79 Å². The van der Waals surface area contributed by atoms with Crippen LogP contribution in [0.25, 0.3) is 0 Å². The average Bonchev–Trinajstić information content (AvgIpc) is 2.71. The fourth-order valence-corrected chi connectivity index (χ4v) is 3.29. The molecule has 1 aliphatic rings. The molecule has 2 rings (SSSR count). The second-order valence-electron chi connectivity index (χ2n) is 7.78. The summed E-state index contributed by atoms with van der Waals surface area (Å²) in [6.07, 6.45) is 6.14. The topological polar surface area (TPSA) is 51.2 Å². The lowest BCUT2D eigenvalue weighted by Crippen LogP contribution is -2.40. The highest BCUT2D eigenvalue weighted by atomic mass is 127. The molecular weight excluding hydrogens is 477 g/mol. The molecule has 1 fully saturated rings. The van der Waals surface area contributed by atoms with Crippen LogP contribution in [-0.2, 0) is 11.3 Å². The molecule has 1 amide bonds. The lowest BCUT2D eigenvalue weighted by atomic mass is 10.1. The number of amides is 1. The first-order valence-corrected chi connectivity index (χ1v) is 10.5. The molecule has 0 unspecified atom stereocenters. The largest absolute Gasteiger partial charge is 0.372 e. The summed E-state index contributed by atoms with van der Waals surface area (Å²) < 4.78 is 0. The minimum absolute atomic E-state index is 0. The van der Waals surface area contributed by atoms with E-state index in [2.05, 4.69) is 51.3 Å². The lowest BCUT2D eigenvalue weighted by Gasteiger charge is -2.29. The van der Waals surface area contributed by atoms with Crippen molar-refractivity contribution < 1.29 is 4.79 Å². The number of carbonyl (C=O) groups excluding carboxylic acids is 1. The smallest absolute Gasteiger partial charge is 0.243 e. The highest BCUT2D eigenvalue weighted by Gasteiger charge is 2.12. The molecule has 1 heterocycles. The Balaban J connectivity index is 0.00000420. The summed E-state index contributed by atoms with van der Waals surface area (Å²) >= 11 is 0. The van der Waals surface area contributed by atoms with Crippen molar-refractivity contribution in [3.63, 3.8) is 0 Å². The molecule has 29 heavy (non-hydrogen) atoms. The molecule has 0 aromatic heterocycles. The monoisotopic (exact) mass is 515 g/mol. The van der Waals surface area contributed by atoms with Crippen LogP contribution in [0, 0.1) is 0 Å². The van der Waals surface area contributed by atoms with E-state index in [1.807, 2.05) is 7.05 Å². The van der Waals surface area contributed by atoms with Crippen LogP contribution in [0.15, 0.2) is 29.3 Å². The number of guanidine groups is 1. The first-order chi connectivity index (χ1) is 13.5. The molecular formula is C22H38IN5O. The third-order valence-corrected chi connectivity index (χ3v) is 5.12. The van der Waals surface area contributed by atoms with Gasteiger partial charge in [0.2, 0.25) is 5.91 Å². The summed E-state index contributed by atoms with van der Waals surface area (Å²) in [4.78, 5) is 22.6. The zero-order chi connectivity index (χ0) is 20.4. The number of halogens is 1. The van der Waals surface area contributed by atoms with E-state index in [1.54, 1.807) is 19.0 Å². The van der Waals surface area contributed by atoms with E-state index < -0.39 is 0 Å². The van der Waals surface area contributed by atoms with Crippen molar-refractivity contribution in [2.75, 3.05) is 52.2 Å². The van der Waals surface area contributed by atoms with Gasteiger partial charge in [-0.25, -0.2) is 4.99 Å². The van der Waals surface area contributed by atoms with Crippen LogP contribution in [0.5, 0.6) is 0 Å². The Kier molecular flexibility index (Phi) is 12.0. The number of benzene rings is 1. The average molecular weight is 515 g/mol. The first kappa shape index (κ1) is 25.5. The molecule has 1 saturated heterocycles. The molecule has 0 radical (unpaired) electrons. The second kappa shape index (κ2) is 13.7. The van der Waals surface area contributed by atoms with Crippen LogP contribution in [0.4, 0.5) is 5.69 Å². The van der Waals surface area contributed by atoms with Crippen molar-refractivity contribution in [1.82, 2.24) is 15.1 Å². The molecule has 0 spiro atoms. The van der Waals surface area contributed by atoms with Gasteiger partial charge in [0, 0.05) is 53.0 Å². The number of piperidine rings is 1. The van der Waals surface area contributed by atoms with Gasteiger partial charge in [-0.2, -0.15) is 0 Å². The number of nitrogens with one attached hydrogen (secondary N) is 1. The normalized spacial score (nSPS) is 14.2. The van der Waals surface area contributed by atoms with Crippen molar-refractivity contribution >= 4 is 41.5 Å². The third-order valence-electron chi connectivity index (χ3n) is 5.12. The number of carbonyl (C=O) groups is 1. The maximum absolute atomic E-state index is 11.9. The highest BCUT2D eigenvalue weighted by Crippen LogP contribution is 2.20. The SMILES string of the molecule is CCCCNC(=NCC(=O)N(C)C)N(C)Cc1ccc(N2CCCCC2)cc1.I. The molecule has 1 aromatic rings. The van der Waals surface area contributed by atoms with Gasteiger partial charge >= 0.3 is 0 Å². The van der Waals surface area contributed by atoms with Crippen molar-refractivity contribution in [3.05, 3.63) is 29.8 Å². The summed E-state index contributed by atoms with van der Waals surface area (Å²) in [5.74, 6) is 0.790. The number of rotatable bonds is 8. The van der Waals surface area contributed by atoms with Crippen molar-refractivity contribution in [1.29, 1.82) is 0 Å². The van der Waals surface area contributed by atoms with Gasteiger partial charge in [-0.1, -0.05) is 25.5 Å². The van der Waals surface area contributed by atoms with Crippen LogP contribution in [0.1, 0.15) is 44.6 Å². The van der Waals surface area contributed by atoms with E-state index in [1.165, 1.54) is 30.5 Å². The zero-order valence-corrected chi connectivity index (χ0v) is 20.8. The number of hydrogen-bond donors (Lipinski definition) is 1. The van der Waals surface area contributed by atoms with Gasteiger partial charge in [0.05, 0.1) is 0 Å². The van der Waals surface area contributed by atoms with E-state index in [4.69, 9.17) is 0 Å². The summed E-state index contributed by atoms with van der Waals surface area (Å²) in [5.41, 5.74) is 2.56. The fourth-order valence-electron chi connectivity index (χ4n) is 3.29. The minimum atomic E-state index is 0. The van der Waals surface area contributed by atoms with Gasteiger partial charge in [-0.05, 0) is 43.4 Å². The minimum Gasteiger partial charge on any atom is -0.372 e. The van der Waals surface area contributed by atoms with Crippen molar-refractivity contribution in [2.45, 2.75) is 45.6 Å². The molecule has 0 atom stereocenters. The highest BCUT2D eigenvalue weighted by molar-refractivity contribution is 14.0. The van der Waals surface area contributed by atoms with E-state index >= 15 is 0 Å². The molecule has 6 nitrogen and oxygen atoms in total. The van der Waals surface area contributed by atoms with Gasteiger partial charge in [0.1, 0.15) is 6.54 Å². The van der Waals surface area contributed by atoms with Gasteiger partial charge in [-0.3, -0.25) is 4.79 Å². The molecule has 1 aromatic carbocycles. The maximum atomic E-state index is 11.9. The van der Waals surface area contributed by atoms with Gasteiger partial charge in [0.15, 0.2) is 5.96 Å². The van der Waals surface area contributed by atoms with Crippen molar-refractivity contribution in [3.8, 4) is 0 Å². The van der Waals surface area contributed by atoms with Crippen LogP contribution < -0.4 is 10.2 Å². The third kappa shape index (κ3) is 8.80. The van der Waals surface area contributed by atoms with Crippen LogP contribution in [0.3, 0.4) is 0 Å². The number of anilines is 1. The Labute approximate surface area is 193 Å². The summed E-state index contributed by atoms with van der Waals surface area (Å²) in [7, 11) is 5.54. The first-order valence-electron chi connectivity index (χ1n) is 10.5. The molecule has 0 aliphatic carbocycles. The summed E-state index contributed by atoms with van der Waals surface area (Å²) in [6.45, 7) is 6.29. The Hall–Kier alpha value is -1.51. The number of likely N-dealkylation sites (N-methyl/N-ethyl adjacent to an activating group) is 1. The Morgan fingerprint density at radius 3 is 2.34 bits per heavy atom. The summed E-state index contributed by atoms with van der Waals surface area (Å²) in [5, 5.41) is 3.40. The van der Waals surface area contributed by atoms with Gasteiger partial charge in [-0.15, -0.1) is 24.0 Å². The van der Waals surface area contributed by atoms with Crippen LogP contribution in [-0.4, -0.2) is 69.0 Å². The Morgan fingerprint density at radius 1 is 1.10 bits per heavy atom. The Morgan fingerprint density at radius 2 is 1.76 bits per heavy atom. The maximum Gasteiger partial charge on any atom is 0.243 e. The molecule has 7 heteroatoms. The zero-order valence-electron chi connectivity index (χ0n) is 18.5. The fraction of sp³-hybridized carbons (Fsp3) is 0.636. The molecule has 164 valence electrons. The number of unbranched alkanes of at least 4 members (excludes halogenated alkanes) is 1. The number of nitrogens with zero attached hydrogens (tertiary/aromatic N) is 4. The molecule has 1 aliphatic heterocycles. The van der Waals surface area contributed by atoms with Crippen LogP contribution >= 0.6 is 24.0 Å². The van der Waals surface area contributed by atoms with Gasteiger partial charge in [0.25, 0.3) is 0 Å². The predicted octanol–water partition coefficient (Wildman–Crippen LogP) is 3.56. The molecule has 1 N–H and O–H groups in total. The second-order valence-corrected chi connectivity index (χ2v) is 7.78. The van der Waals surface area contributed by atoms with Gasteiger partial charge < -0.3 is 20.0 Å². The molecule has 0 bridgehead atoms. The lowest BCUT2D eigenvalue weighted by molar-refractivity contribution is -0.127. The Bertz CT molecular complexity index is 627. The molecule has 0 saturated carbocycles. The quantitative estimate of drug-likeness (QED) is 0.249.